The molecular weight excluding hydrogens is 266 g/mol. The number of morpholine rings is 1. The number of rotatable bonds is 6. The van der Waals surface area contributed by atoms with Crippen molar-refractivity contribution in [2.24, 2.45) is 0 Å². The molecule has 1 fully saturated rings. The van der Waals surface area contributed by atoms with Gasteiger partial charge in [0.05, 0.1) is 24.9 Å². The number of pyridine rings is 1. The van der Waals surface area contributed by atoms with Crippen LogP contribution in [0.15, 0.2) is 18.3 Å². The normalized spacial score (nSPS) is 17.4. The molecule has 1 amide bonds. The smallest absolute Gasteiger partial charge is 0.221 e. The van der Waals surface area contributed by atoms with Gasteiger partial charge in [-0.15, -0.1) is 0 Å². The molecule has 2 heterocycles. The highest BCUT2D eigenvalue weighted by Crippen LogP contribution is 2.15. The van der Waals surface area contributed by atoms with Gasteiger partial charge in [-0.2, -0.15) is 0 Å². The number of aryl methyl sites for hydroxylation is 1. The van der Waals surface area contributed by atoms with E-state index >= 15 is 0 Å². The van der Waals surface area contributed by atoms with Crippen molar-refractivity contribution < 1.29 is 9.53 Å². The van der Waals surface area contributed by atoms with Crippen molar-refractivity contribution in [3.8, 4) is 0 Å². The largest absolute Gasteiger partial charge is 0.379 e. The molecule has 0 bridgehead atoms. The van der Waals surface area contributed by atoms with E-state index in [-0.39, 0.29) is 11.9 Å². The lowest BCUT2D eigenvalue weighted by atomic mass is 10.1. The van der Waals surface area contributed by atoms with Crippen LogP contribution in [0.25, 0.3) is 0 Å². The molecule has 1 aliphatic heterocycles. The van der Waals surface area contributed by atoms with Crippen LogP contribution in [0.1, 0.15) is 37.1 Å². The molecule has 0 saturated carbocycles. The summed E-state index contributed by atoms with van der Waals surface area (Å²) in [6.45, 7) is 8.29. The molecule has 0 aliphatic carbocycles. The highest BCUT2D eigenvalue weighted by molar-refractivity contribution is 5.76. The van der Waals surface area contributed by atoms with E-state index in [2.05, 4.69) is 22.1 Å². The van der Waals surface area contributed by atoms with Gasteiger partial charge < -0.3 is 10.1 Å². The van der Waals surface area contributed by atoms with E-state index in [0.29, 0.717) is 6.42 Å². The van der Waals surface area contributed by atoms with Gasteiger partial charge in [-0.25, -0.2) is 0 Å². The van der Waals surface area contributed by atoms with Crippen LogP contribution in [-0.4, -0.2) is 48.6 Å². The SMILES string of the molecule is CC[C@@H](NC(=O)CCN1CCOCC1)c1cc(C)ccn1. The lowest BCUT2D eigenvalue weighted by Crippen LogP contribution is -2.39. The summed E-state index contributed by atoms with van der Waals surface area (Å²) in [5.41, 5.74) is 2.11. The molecule has 0 aromatic carbocycles. The maximum Gasteiger partial charge on any atom is 0.221 e. The number of nitrogens with one attached hydrogen (secondary N) is 1. The van der Waals surface area contributed by atoms with Crippen molar-refractivity contribution in [1.82, 2.24) is 15.2 Å². The number of amides is 1. The standard InChI is InChI=1S/C16H25N3O2/c1-3-14(15-12-13(2)4-6-17-15)18-16(20)5-7-19-8-10-21-11-9-19/h4,6,12,14H,3,5,7-11H2,1-2H3,(H,18,20)/t14-/m1/s1. The molecule has 1 atom stereocenters. The number of carbonyl (C=O) groups excluding carboxylic acids is 1. The Morgan fingerprint density at radius 1 is 1.48 bits per heavy atom. The first-order valence-electron chi connectivity index (χ1n) is 7.71. The summed E-state index contributed by atoms with van der Waals surface area (Å²) in [5.74, 6) is 0.0941. The molecule has 2 rings (SSSR count). The number of carbonyl (C=O) groups is 1. The van der Waals surface area contributed by atoms with E-state index in [1.165, 1.54) is 5.56 Å². The molecule has 1 aromatic heterocycles. The van der Waals surface area contributed by atoms with Gasteiger partial charge in [-0.05, 0) is 31.0 Å². The molecule has 0 spiro atoms. The van der Waals surface area contributed by atoms with Gasteiger partial charge in [-0.1, -0.05) is 6.92 Å². The minimum atomic E-state index is 0.00193. The Kier molecular flexibility index (Phi) is 6.14. The Balaban J connectivity index is 1.82. The third-order valence-corrected chi connectivity index (χ3v) is 3.80. The second-order valence-corrected chi connectivity index (χ2v) is 5.49. The van der Waals surface area contributed by atoms with Crippen molar-refractivity contribution >= 4 is 5.91 Å². The van der Waals surface area contributed by atoms with Crippen LogP contribution in [-0.2, 0) is 9.53 Å². The van der Waals surface area contributed by atoms with Crippen molar-refractivity contribution in [3.63, 3.8) is 0 Å². The molecule has 1 aromatic rings. The van der Waals surface area contributed by atoms with Gasteiger partial charge in [0.25, 0.3) is 0 Å². The van der Waals surface area contributed by atoms with Crippen LogP contribution < -0.4 is 5.32 Å². The van der Waals surface area contributed by atoms with Crippen LogP contribution in [0, 0.1) is 6.92 Å². The van der Waals surface area contributed by atoms with Gasteiger partial charge in [0.2, 0.25) is 5.91 Å². The van der Waals surface area contributed by atoms with Crippen LogP contribution >= 0.6 is 0 Å². The summed E-state index contributed by atoms with van der Waals surface area (Å²) < 4.78 is 5.31. The highest BCUT2D eigenvalue weighted by atomic mass is 16.5. The minimum Gasteiger partial charge on any atom is -0.379 e. The monoisotopic (exact) mass is 291 g/mol. The quantitative estimate of drug-likeness (QED) is 0.866. The van der Waals surface area contributed by atoms with Gasteiger partial charge in [0, 0.05) is 32.3 Å². The van der Waals surface area contributed by atoms with E-state index in [4.69, 9.17) is 4.74 Å². The van der Waals surface area contributed by atoms with Crippen molar-refractivity contribution in [2.75, 3.05) is 32.8 Å². The van der Waals surface area contributed by atoms with Crippen molar-refractivity contribution in [2.45, 2.75) is 32.7 Å². The summed E-state index contributed by atoms with van der Waals surface area (Å²) in [6.07, 6.45) is 3.18. The molecule has 0 radical (unpaired) electrons. The zero-order chi connectivity index (χ0) is 15.1. The fourth-order valence-corrected chi connectivity index (χ4v) is 2.49. The minimum absolute atomic E-state index is 0.00193. The summed E-state index contributed by atoms with van der Waals surface area (Å²) in [7, 11) is 0. The number of hydrogen-bond donors (Lipinski definition) is 1. The molecule has 1 saturated heterocycles. The second-order valence-electron chi connectivity index (χ2n) is 5.49. The molecule has 1 aliphatic rings. The topological polar surface area (TPSA) is 54.5 Å². The first kappa shape index (κ1) is 15.9. The first-order valence-corrected chi connectivity index (χ1v) is 7.71. The summed E-state index contributed by atoms with van der Waals surface area (Å²) in [6, 6.07) is 4.01. The first-order chi connectivity index (χ1) is 10.2. The molecule has 5 heteroatoms. The number of ether oxygens (including phenoxy) is 1. The number of hydrogen-bond acceptors (Lipinski definition) is 4. The van der Waals surface area contributed by atoms with Crippen LogP contribution in [0.5, 0.6) is 0 Å². The van der Waals surface area contributed by atoms with E-state index in [9.17, 15) is 4.79 Å². The van der Waals surface area contributed by atoms with E-state index in [1.807, 2.05) is 19.1 Å². The predicted molar refractivity (Wildman–Crippen MR) is 82.0 cm³/mol. The van der Waals surface area contributed by atoms with E-state index < -0.39 is 0 Å². The maximum absolute atomic E-state index is 12.1. The summed E-state index contributed by atoms with van der Waals surface area (Å²) >= 11 is 0. The number of nitrogens with zero attached hydrogens (tertiary/aromatic N) is 2. The average Bonchev–Trinajstić information content (AvgIpc) is 2.51. The Hall–Kier alpha value is -1.46. The van der Waals surface area contributed by atoms with Crippen molar-refractivity contribution in [3.05, 3.63) is 29.6 Å². The van der Waals surface area contributed by atoms with Crippen LogP contribution in [0.4, 0.5) is 0 Å². The van der Waals surface area contributed by atoms with Gasteiger partial charge in [-0.3, -0.25) is 14.7 Å². The second kappa shape index (κ2) is 8.10. The predicted octanol–water partition coefficient (Wildman–Crippen LogP) is 1.68. The zero-order valence-corrected chi connectivity index (χ0v) is 13.0. The third kappa shape index (κ3) is 5.10. The molecule has 1 N–H and O–H groups in total. The fourth-order valence-electron chi connectivity index (χ4n) is 2.49. The summed E-state index contributed by atoms with van der Waals surface area (Å²) in [4.78, 5) is 18.8. The maximum atomic E-state index is 12.1. The Bertz CT molecular complexity index is 459. The van der Waals surface area contributed by atoms with Crippen LogP contribution in [0.3, 0.4) is 0 Å². The Morgan fingerprint density at radius 3 is 2.90 bits per heavy atom. The van der Waals surface area contributed by atoms with Crippen molar-refractivity contribution in [1.29, 1.82) is 0 Å². The average molecular weight is 291 g/mol. The molecule has 21 heavy (non-hydrogen) atoms. The Labute approximate surface area is 126 Å². The Morgan fingerprint density at radius 2 is 2.24 bits per heavy atom. The molecule has 116 valence electrons. The zero-order valence-electron chi connectivity index (χ0n) is 13.0. The lowest BCUT2D eigenvalue weighted by molar-refractivity contribution is -0.122. The molecular formula is C16H25N3O2. The fraction of sp³-hybridized carbons (Fsp3) is 0.625. The molecule has 0 unspecified atom stereocenters. The van der Waals surface area contributed by atoms with Gasteiger partial charge >= 0.3 is 0 Å². The van der Waals surface area contributed by atoms with Gasteiger partial charge in [0.15, 0.2) is 0 Å². The van der Waals surface area contributed by atoms with Crippen LogP contribution in [0.2, 0.25) is 0 Å². The highest BCUT2D eigenvalue weighted by Gasteiger charge is 2.16. The number of aromatic nitrogens is 1. The summed E-state index contributed by atoms with van der Waals surface area (Å²) in [5, 5.41) is 3.09. The van der Waals surface area contributed by atoms with Gasteiger partial charge in [0.1, 0.15) is 0 Å². The lowest BCUT2D eigenvalue weighted by Gasteiger charge is -2.26. The third-order valence-electron chi connectivity index (χ3n) is 3.80. The van der Waals surface area contributed by atoms with E-state index in [1.54, 1.807) is 6.20 Å². The van der Waals surface area contributed by atoms with E-state index in [0.717, 1.165) is 45.0 Å². The molecule has 5 nitrogen and oxygen atoms in total.